The Morgan fingerprint density at radius 3 is 2.78 bits per heavy atom. The molecule has 0 saturated heterocycles. The summed E-state index contributed by atoms with van der Waals surface area (Å²) in [5.41, 5.74) is 0.666. The third kappa shape index (κ3) is 4.75. The van der Waals surface area contributed by atoms with Crippen molar-refractivity contribution in [3.63, 3.8) is 0 Å². The maximum atomic E-state index is 11.4. The van der Waals surface area contributed by atoms with Crippen molar-refractivity contribution >= 4 is 5.97 Å². The molecule has 0 aromatic heterocycles. The van der Waals surface area contributed by atoms with Crippen molar-refractivity contribution in [3.8, 4) is 5.75 Å². The molecule has 1 aromatic rings. The molecule has 100 valence electrons. The highest BCUT2D eigenvalue weighted by Gasteiger charge is 2.10. The minimum absolute atomic E-state index is 0.132. The van der Waals surface area contributed by atoms with Gasteiger partial charge in [0.2, 0.25) is 0 Å². The lowest BCUT2D eigenvalue weighted by Gasteiger charge is -2.12. The fraction of sp³-hybridized carbons (Fsp3) is 0.500. The lowest BCUT2D eigenvalue weighted by Crippen LogP contribution is -2.16. The Labute approximate surface area is 108 Å². The molecule has 0 spiro atoms. The highest BCUT2D eigenvalue weighted by atomic mass is 16.6. The van der Waals surface area contributed by atoms with Crippen LogP contribution < -0.4 is 4.74 Å². The molecule has 1 N–H and O–H groups in total. The first-order chi connectivity index (χ1) is 8.65. The number of aliphatic hydroxyl groups is 1. The molecule has 1 atom stereocenters. The minimum Gasteiger partial charge on any atom is -0.482 e. The molecule has 0 amide bonds. The van der Waals surface area contributed by atoms with Crippen LogP contribution in [0.3, 0.4) is 0 Å². The number of benzene rings is 1. The van der Waals surface area contributed by atoms with Crippen molar-refractivity contribution in [2.75, 3.05) is 13.2 Å². The number of carbonyl (C=O) groups excluding carboxylic acids is 1. The Morgan fingerprint density at radius 1 is 1.39 bits per heavy atom. The van der Waals surface area contributed by atoms with E-state index in [1.54, 1.807) is 25.1 Å². The number of esters is 1. The second-order valence-corrected chi connectivity index (χ2v) is 4.08. The van der Waals surface area contributed by atoms with E-state index >= 15 is 0 Å². The van der Waals surface area contributed by atoms with Gasteiger partial charge in [0.05, 0.1) is 12.7 Å². The molecule has 0 fully saturated rings. The van der Waals surface area contributed by atoms with Gasteiger partial charge in [-0.15, -0.1) is 0 Å². The summed E-state index contributed by atoms with van der Waals surface area (Å²) in [6.07, 6.45) is 1.21. The number of ether oxygens (including phenoxy) is 2. The van der Waals surface area contributed by atoms with Crippen LogP contribution in [-0.2, 0) is 9.53 Å². The van der Waals surface area contributed by atoms with E-state index < -0.39 is 6.10 Å². The summed E-state index contributed by atoms with van der Waals surface area (Å²) in [5.74, 6) is 0.129. The summed E-state index contributed by atoms with van der Waals surface area (Å²) >= 11 is 0. The van der Waals surface area contributed by atoms with Gasteiger partial charge >= 0.3 is 5.97 Å². The van der Waals surface area contributed by atoms with Gasteiger partial charge in [0.25, 0.3) is 0 Å². The standard InChI is InChI=1S/C14H20O4/c1-3-4-9-17-14(16)10-18-13-8-6-5-7-12(13)11(2)15/h5-8,11,15H,3-4,9-10H2,1-2H3/t11-/m1/s1. The summed E-state index contributed by atoms with van der Waals surface area (Å²) in [5, 5.41) is 9.55. The van der Waals surface area contributed by atoms with Crippen LogP contribution in [0.5, 0.6) is 5.75 Å². The van der Waals surface area contributed by atoms with E-state index in [1.165, 1.54) is 0 Å². The SMILES string of the molecule is CCCCOC(=O)COc1ccccc1[C@@H](C)O. The maximum absolute atomic E-state index is 11.4. The lowest BCUT2D eigenvalue weighted by atomic mass is 10.1. The van der Waals surface area contributed by atoms with E-state index in [1.807, 2.05) is 13.0 Å². The Bertz CT molecular complexity index is 374. The fourth-order valence-corrected chi connectivity index (χ4v) is 1.47. The summed E-state index contributed by atoms with van der Waals surface area (Å²) in [6, 6.07) is 7.10. The van der Waals surface area contributed by atoms with Gasteiger partial charge in [-0.1, -0.05) is 31.5 Å². The van der Waals surface area contributed by atoms with E-state index in [-0.39, 0.29) is 12.6 Å². The van der Waals surface area contributed by atoms with Crippen LogP contribution >= 0.6 is 0 Å². The third-order valence-corrected chi connectivity index (χ3v) is 2.48. The van der Waals surface area contributed by atoms with Crippen molar-refractivity contribution in [2.45, 2.75) is 32.8 Å². The van der Waals surface area contributed by atoms with Gasteiger partial charge in [-0.3, -0.25) is 0 Å². The van der Waals surface area contributed by atoms with E-state index in [2.05, 4.69) is 0 Å². The molecular weight excluding hydrogens is 232 g/mol. The van der Waals surface area contributed by atoms with Crippen LogP contribution in [-0.4, -0.2) is 24.3 Å². The van der Waals surface area contributed by atoms with Crippen LogP contribution in [0, 0.1) is 0 Å². The zero-order valence-corrected chi connectivity index (χ0v) is 10.9. The molecule has 0 unspecified atom stereocenters. The molecule has 1 aromatic carbocycles. The second-order valence-electron chi connectivity index (χ2n) is 4.08. The summed E-state index contributed by atoms with van der Waals surface area (Å²) < 4.78 is 10.3. The van der Waals surface area contributed by atoms with Gasteiger partial charge in [-0.2, -0.15) is 0 Å². The normalized spacial score (nSPS) is 11.9. The van der Waals surface area contributed by atoms with E-state index in [4.69, 9.17) is 9.47 Å². The van der Waals surface area contributed by atoms with Crippen LogP contribution in [0.1, 0.15) is 38.4 Å². The number of hydrogen-bond donors (Lipinski definition) is 1. The highest BCUT2D eigenvalue weighted by Crippen LogP contribution is 2.24. The molecule has 4 nitrogen and oxygen atoms in total. The molecule has 0 saturated carbocycles. The fourth-order valence-electron chi connectivity index (χ4n) is 1.47. The number of aliphatic hydroxyl groups excluding tert-OH is 1. The number of rotatable bonds is 7. The van der Waals surface area contributed by atoms with Gasteiger partial charge in [0, 0.05) is 5.56 Å². The summed E-state index contributed by atoms with van der Waals surface area (Å²) in [7, 11) is 0. The smallest absolute Gasteiger partial charge is 0.344 e. The molecule has 0 bridgehead atoms. The van der Waals surface area contributed by atoms with Crippen LogP contribution in [0.2, 0.25) is 0 Å². The monoisotopic (exact) mass is 252 g/mol. The molecule has 4 heteroatoms. The molecule has 0 aliphatic rings. The number of para-hydroxylation sites is 1. The molecular formula is C14H20O4. The van der Waals surface area contributed by atoms with Crippen molar-refractivity contribution in [3.05, 3.63) is 29.8 Å². The quantitative estimate of drug-likeness (QED) is 0.598. The van der Waals surface area contributed by atoms with Crippen LogP contribution in [0.4, 0.5) is 0 Å². The Hall–Kier alpha value is -1.55. The average Bonchev–Trinajstić information content (AvgIpc) is 2.37. The van der Waals surface area contributed by atoms with Crippen molar-refractivity contribution in [2.24, 2.45) is 0 Å². The largest absolute Gasteiger partial charge is 0.482 e. The zero-order chi connectivity index (χ0) is 13.4. The predicted molar refractivity (Wildman–Crippen MR) is 68.4 cm³/mol. The lowest BCUT2D eigenvalue weighted by molar-refractivity contribution is -0.146. The average molecular weight is 252 g/mol. The van der Waals surface area contributed by atoms with Crippen LogP contribution in [0.25, 0.3) is 0 Å². The Morgan fingerprint density at radius 2 is 2.11 bits per heavy atom. The molecule has 18 heavy (non-hydrogen) atoms. The van der Waals surface area contributed by atoms with Crippen LogP contribution in [0.15, 0.2) is 24.3 Å². The van der Waals surface area contributed by atoms with Gasteiger partial charge in [-0.25, -0.2) is 4.79 Å². The molecule has 1 rings (SSSR count). The Kier molecular flexibility index (Phi) is 6.22. The predicted octanol–water partition coefficient (Wildman–Crippen LogP) is 2.46. The molecule has 0 radical (unpaired) electrons. The molecule has 0 aliphatic carbocycles. The summed E-state index contributed by atoms with van der Waals surface area (Å²) in [6.45, 7) is 3.98. The first-order valence-electron chi connectivity index (χ1n) is 6.20. The van der Waals surface area contributed by atoms with Crippen molar-refractivity contribution in [1.29, 1.82) is 0 Å². The van der Waals surface area contributed by atoms with Gasteiger partial charge < -0.3 is 14.6 Å². The van der Waals surface area contributed by atoms with Gasteiger partial charge in [0.15, 0.2) is 6.61 Å². The van der Waals surface area contributed by atoms with E-state index in [0.717, 1.165) is 12.8 Å². The van der Waals surface area contributed by atoms with E-state index in [0.29, 0.717) is 17.9 Å². The Balaban J connectivity index is 2.45. The second kappa shape index (κ2) is 7.71. The number of hydrogen-bond acceptors (Lipinski definition) is 4. The summed E-state index contributed by atoms with van der Waals surface area (Å²) in [4.78, 5) is 11.4. The molecule has 0 aliphatic heterocycles. The minimum atomic E-state index is -0.627. The number of carbonyl (C=O) groups is 1. The first kappa shape index (κ1) is 14.5. The zero-order valence-electron chi connectivity index (χ0n) is 10.9. The third-order valence-electron chi connectivity index (χ3n) is 2.48. The van der Waals surface area contributed by atoms with Gasteiger partial charge in [0.1, 0.15) is 5.75 Å². The van der Waals surface area contributed by atoms with Gasteiger partial charge in [-0.05, 0) is 19.4 Å². The highest BCUT2D eigenvalue weighted by molar-refractivity contribution is 5.71. The number of unbranched alkanes of at least 4 members (excludes halogenated alkanes) is 1. The topological polar surface area (TPSA) is 55.8 Å². The van der Waals surface area contributed by atoms with Crippen molar-refractivity contribution < 1.29 is 19.4 Å². The molecule has 0 heterocycles. The van der Waals surface area contributed by atoms with Crippen molar-refractivity contribution in [1.82, 2.24) is 0 Å². The maximum Gasteiger partial charge on any atom is 0.344 e. The van der Waals surface area contributed by atoms with E-state index in [9.17, 15) is 9.90 Å². The first-order valence-corrected chi connectivity index (χ1v) is 6.20.